The maximum Gasteiger partial charge on any atom is 0.241 e. The summed E-state index contributed by atoms with van der Waals surface area (Å²) in [7, 11) is -3.79. The SMILES string of the molecule is Cc1ccc(S(=O)(=O)NC(C2=C(c3ccccn3)CCCC2)c2ccc(F)cc2)cc1. The minimum absolute atomic E-state index is 0.209. The summed E-state index contributed by atoms with van der Waals surface area (Å²) in [4.78, 5) is 4.72. The Morgan fingerprint density at radius 3 is 2.32 bits per heavy atom. The molecule has 3 aromatic rings. The summed E-state index contributed by atoms with van der Waals surface area (Å²) in [6.45, 7) is 1.91. The van der Waals surface area contributed by atoms with E-state index < -0.39 is 16.1 Å². The van der Waals surface area contributed by atoms with Gasteiger partial charge in [0.15, 0.2) is 0 Å². The first-order valence-electron chi connectivity index (χ1n) is 10.4. The monoisotopic (exact) mass is 436 g/mol. The van der Waals surface area contributed by atoms with E-state index in [2.05, 4.69) is 9.71 Å². The van der Waals surface area contributed by atoms with E-state index in [1.54, 1.807) is 42.6 Å². The number of sulfonamides is 1. The quantitative estimate of drug-likeness (QED) is 0.549. The molecule has 1 atom stereocenters. The van der Waals surface area contributed by atoms with Crippen molar-refractivity contribution < 1.29 is 12.8 Å². The van der Waals surface area contributed by atoms with E-state index in [4.69, 9.17) is 0 Å². The van der Waals surface area contributed by atoms with E-state index in [1.807, 2.05) is 25.1 Å². The Labute approximate surface area is 182 Å². The lowest BCUT2D eigenvalue weighted by Crippen LogP contribution is -2.31. The third-order valence-corrected chi connectivity index (χ3v) is 7.08. The molecule has 1 aromatic heterocycles. The van der Waals surface area contributed by atoms with Crippen LogP contribution < -0.4 is 4.72 Å². The van der Waals surface area contributed by atoms with Gasteiger partial charge in [0.05, 0.1) is 16.6 Å². The smallest absolute Gasteiger partial charge is 0.241 e. The number of hydrogen-bond acceptors (Lipinski definition) is 3. The molecule has 0 spiro atoms. The molecular formula is C25H25FN2O2S. The summed E-state index contributed by atoms with van der Waals surface area (Å²) in [6.07, 6.45) is 5.32. The average molecular weight is 437 g/mol. The van der Waals surface area contributed by atoms with Crippen molar-refractivity contribution in [3.05, 3.63) is 101 Å². The van der Waals surface area contributed by atoms with Crippen molar-refractivity contribution in [3.8, 4) is 0 Å². The van der Waals surface area contributed by atoms with E-state index in [-0.39, 0.29) is 10.7 Å². The van der Waals surface area contributed by atoms with Gasteiger partial charge in [0.2, 0.25) is 10.0 Å². The zero-order valence-corrected chi connectivity index (χ0v) is 18.2. The number of hydrogen-bond donors (Lipinski definition) is 1. The van der Waals surface area contributed by atoms with Gasteiger partial charge in [-0.05, 0) is 85.7 Å². The highest BCUT2D eigenvalue weighted by Crippen LogP contribution is 2.39. The van der Waals surface area contributed by atoms with E-state index in [0.29, 0.717) is 5.56 Å². The first kappa shape index (κ1) is 21.4. The van der Waals surface area contributed by atoms with Gasteiger partial charge in [0.25, 0.3) is 0 Å². The van der Waals surface area contributed by atoms with Crippen molar-refractivity contribution in [1.82, 2.24) is 9.71 Å². The predicted molar refractivity (Wildman–Crippen MR) is 120 cm³/mol. The lowest BCUT2D eigenvalue weighted by Gasteiger charge is -2.28. The largest absolute Gasteiger partial charge is 0.257 e. The maximum absolute atomic E-state index is 13.6. The molecule has 0 amide bonds. The minimum Gasteiger partial charge on any atom is -0.257 e. The summed E-state index contributed by atoms with van der Waals surface area (Å²) >= 11 is 0. The number of nitrogens with zero attached hydrogens (tertiary/aromatic N) is 1. The van der Waals surface area contributed by atoms with Gasteiger partial charge in [-0.2, -0.15) is 4.72 Å². The third-order valence-electron chi connectivity index (χ3n) is 5.64. The third kappa shape index (κ3) is 4.92. The standard InChI is InChI=1S/C25H25FN2O2S/c1-18-9-15-21(16-10-18)31(29,30)28-25(19-11-13-20(26)14-12-19)23-7-3-2-6-22(23)24-8-4-5-17-27-24/h4-5,8-17,25,28H,2-3,6-7H2,1H3. The summed E-state index contributed by atoms with van der Waals surface area (Å²) < 4.78 is 43.0. The van der Waals surface area contributed by atoms with Crippen molar-refractivity contribution in [3.63, 3.8) is 0 Å². The molecule has 1 heterocycles. The van der Waals surface area contributed by atoms with E-state index in [0.717, 1.165) is 48.1 Å². The van der Waals surface area contributed by atoms with Gasteiger partial charge in [-0.25, -0.2) is 12.8 Å². The lowest BCUT2D eigenvalue weighted by molar-refractivity contribution is 0.560. The Bertz CT molecular complexity index is 1170. The summed E-state index contributed by atoms with van der Waals surface area (Å²) in [5, 5.41) is 0. The fourth-order valence-corrected chi connectivity index (χ4v) is 5.24. The molecule has 6 heteroatoms. The van der Waals surface area contributed by atoms with Crippen LogP contribution in [-0.4, -0.2) is 13.4 Å². The van der Waals surface area contributed by atoms with Gasteiger partial charge in [-0.1, -0.05) is 35.9 Å². The van der Waals surface area contributed by atoms with Gasteiger partial charge in [0, 0.05) is 6.20 Å². The van der Waals surface area contributed by atoms with Gasteiger partial charge in [-0.3, -0.25) is 4.98 Å². The first-order valence-corrected chi connectivity index (χ1v) is 11.9. The summed E-state index contributed by atoms with van der Waals surface area (Å²) in [5.74, 6) is -0.355. The van der Waals surface area contributed by atoms with Gasteiger partial charge in [-0.15, -0.1) is 0 Å². The highest BCUT2D eigenvalue weighted by molar-refractivity contribution is 7.89. The number of benzene rings is 2. The molecule has 0 bridgehead atoms. The number of pyridine rings is 1. The summed E-state index contributed by atoms with van der Waals surface area (Å²) in [6, 6.07) is 18.0. The molecule has 0 saturated heterocycles. The fourth-order valence-electron chi connectivity index (χ4n) is 4.02. The maximum atomic E-state index is 13.6. The van der Waals surface area contributed by atoms with Crippen molar-refractivity contribution in [2.75, 3.05) is 0 Å². The van der Waals surface area contributed by atoms with Crippen LogP contribution in [0.3, 0.4) is 0 Å². The topological polar surface area (TPSA) is 59.1 Å². The molecule has 1 N–H and O–H groups in total. The number of aryl methyl sites for hydroxylation is 1. The van der Waals surface area contributed by atoms with E-state index in [9.17, 15) is 12.8 Å². The van der Waals surface area contributed by atoms with Crippen molar-refractivity contribution in [1.29, 1.82) is 0 Å². The minimum atomic E-state index is -3.79. The Morgan fingerprint density at radius 2 is 1.65 bits per heavy atom. The van der Waals surface area contributed by atoms with Crippen molar-refractivity contribution in [2.24, 2.45) is 0 Å². The van der Waals surface area contributed by atoms with Crippen LogP contribution >= 0.6 is 0 Å². The second kappa shape index (κ2) is 9.12. The van der Waals surface area contributed by atoms with Gasteiger partial charge < -0.3 is 0 Å². The van der Waals surface area contributed by atoms with Gasteiger partial charge >= 0.3 is 0 Å². The average Bonchev–Trinajstić information content (AvgIpc) is 2.79. The highest BCUT2D eigenvalue weighted by Gasteiger charge is 2.28. The molecule has 31 heavy (non-hydrogen) atoms. The zero-order valence-electron chi connectivity index (χ0n) is 17.4. The number of aromatic nitrogens is 1. The molecule has 0 fully saturated rings. The molecule has 1 aliphatic carbocycles. The summed E-state index contributed by atoms with van der Waals surface area (Å²) in [5.41, 5.74) is 4.61. The molecule has 0 saturated carbocycles. The second-order valence-corrected chi connectivity index (χ2v) is 9.56. The molecule has 4 rings (SSSR count). The van der Waals surface area contributed by atoms with Crippen LogP contribution in [0.1, 0.15) is 48.5 Å². The molecule has 1 unspecified atom stereocenters. The van der Waals surface area contributed by atoms with Crippen LogP contribution in [-0.2, 0) is 10.0 Å². The molecule has 1 aliphatic rings. The Balaban J connectivity index is 1.82. The highest BCUT2D eigenvalue weighted by atomic mass is 32.2. The van der Waals surface area contributed by atoms with Crippen LogP contribution in [0.15, 0.2) is 83.4 Å². The number of nitrogens with one attached hydrogen (secondary N) is 1. The lowest BCUT2D eigenvalue weighted by atomic mass is 9.83. The Hall–Kier alpha value is -2.83. The number of halogens is 1. The Kier molecular flexibility index (Phi) is 6.30. The van der Waals surface area contributed by atoms with Crippen LogP contribution in [0.25, 0.3) is 5.57 Å². The Morgan fingerprint density at radius 1 is 0.935 bits per heavy atom. The van der Waals surface area contributed by atoms with Crippen LogP contribution in [0.2, 0.25) is 0 Å². The molecule has 0 aliphatic heterocycles. The molecule has 4 nitrogen and oxygen atoms in total. The van der Waals surface area contributed by atoms with Crippen molar-refractivity contribution in [2.45, 2.75) is 43.5 Å². The molecule has 0 radical (unpaired) electrons. The zero-order chi connectivity index (χ0) is 21.8. The second-order valence-electron chi connectivity index (χ2n) is 7.84. The van der Waals surface area contributed by atoms with Crippen LogP contribution in [0, 0.1) is 12.7 Å². The fraction of sp³-hybridized carbons (Fsp3) is 0.240. The first-order chi connectivity index (χ1) is 14.9. The van der Waals surface area contributed by atoms with Crippen LogP contribution in [0.5, 0.6) is 0 Å². The van der Waals surface area contributed by atoms with E-state index in [1.165, 1.54) is 12.1 Å². The predicted octanol–water partition coefficient (Wildman–Crippen LogP) is 5.58. The van der Waals surface area contributed by atoms with Crippen molar-refractivity contribution >= 4 is 15.6 Å². The normalized spacial score (nSPS) is 15.7. The molecule has 160 valence electrons. The van der Waals surface area contributed by atoms with Gasteiger partial charge in [0.1, 0.15) is 5.82 Å². The number of rotatable bonds is 6. The molecule has 2 aromatic carbocycles. The molecular weight excluding hydrogens is 411 g/mol. The van der Waals surface area contributed by atoms with E-state index >= 15 is 0 Å². The van der Waals surface area contributed by atoms with Crippen LogP contribution in [0.4, 0.5) is 4.39 Å². The number of allylic oxidation sites excluding steroid dienone is 1.